The number of carbonyl (C=O) groups is 2. The van der Waals surface area contributed by atoms with Gasteiger partial charge in [-0.3, -0.25) is 9.59 Å². The monoisotopic (exact) mass is 419 g/mol. The van der Waals surface area contributed by atoms with E-state index >= 15 is 0 Å². The largest absolute Gasteiger partial charge is 0.496 e. The van der Waals surface area contributed by atoms with Crippen molar-refractivity contribution in [2.75, 3.05) is 44.7 Å². The second-order valence-corrected chi connectivity index (χ2v) is 7.81. The molecule has 162 valence electrons. The van der Waals surface area contributed by atoms with Crippen molar-refractivity contribution in [2.45, 2.75) is 20.3 Å². The molecule has 0 saturated carbocycles. The molecule has 4 rings (SSSR count). The summed E-state index contributed by atoms with van der Waals surface area (Å²) in [4.78, 5) is 33.0. The van der Waals surface area contributed by atoms with Crippen molar-refractivity contribution in [1.82, 2.24) is 9.80 Å². The van der Waals surface area contributed by atoms with Crippen LogP contribution < -0.4 is 9.64 Å². The average Bonchev–Trinajstić information content (AvgIpc) is 3.08. The number of amides is 2. The number of methoxy groups -OCH3 is 1. The Morgan fingerprint density at radius 1 is 0.871 bits per heavy atom. The number of piperazine rings is 1. The van der Waals surface area contributed by atoms with Crippen LogP contribution in [0.5, 0.6) is 5.75 Å². The fraction of sp³-hybridized carbons (Fsp3) is 0.360. The van der Waals surface area contributed by atoms with Crippen LogP contribution in [0.2, 0.25) is 0 Å². The minimum absolute atomic E-state index is 0.264. The van der Waals surface area contributed by atoms with Crippen LogP contribution in [0.4, 0.5) is 5.69 Å². The number of nitrogens with zero attached hydrogens (tertiary/aromatic N) is 3. The predicted octanol–water partition coefficient (Wildman–Crippen LogP) is 3.18. The van der Waals surface area contributed by atoms with Gasteiger partial charge in [0.05, 0.1) is 18.4 Å². The maximum atomic E-state index is 13.7. The zero-order chi connectivity index (χ0) is 22.0. The van der Waals surface area contributed by atoms with E-state index in [1.165, 1.54) is 4.90 Å². The fourth-order valence-electron chi connectivity index (χ4n) is 4.31. The van der Waals surface area contributed by atoms with Gasteiger partial charge in [-0.15, -0.1) is 0 Å². The number of ether oxygens (including phenoxy) is 1. The van der Waals surface area contributed by atoms with Crippen molar-refractivity contribution >= 4 is 23.1 Å². The Hall–Kier alpha value is -3.12. The van der Waals surface area contributed by atoms with Crippen molar-refractivity contribution in [3.05, 3.63) is 65.4 Å². The fourth-order valence-corrected chi connectivity index (χ4v) is 4.31. The summed E-state index contributed by atoms with van der Waals surface area (Å²) in [6, 6.07) is 15.1. The van der Waals surface area contributed by atoms with E-state index in [1.807, 2.05) is 48.5 Å². The standard InChI is InChI=1S/C25H29N3O3/c1-4-18-10-12-19(13-11-18)28-24(29)22(20-8-6-7-9-21(20)31-3)23(25(28)30)27-16-14-26(5-2)15-17-27/h6-13H,4-5,14-17H2,1-3H3. The molecule has 2 aliphatic heterocycles. The minimum atomic E-state index is -0.299. The maximum Gasteiger partial charge on any atom is 0.282 e. The van der Waals surface area contributed by atoms with Gasteiger partial charge in [0.2, 0.25) is 0 Å². The Labute approximate surface area is 183 Å². The van der Waals surface area contributed by atoms with Gasteiger partial charge < -0.3 is 14.5 Å². The van der Waals surface area contributed by atoms with Gasteiger partial charge in [-0.1, -0.05) is 44.2 Å². The number of benzene rings is 2. The summed E-state index contributed by atoms with van der Waals surface area (Å²) in [7, 11) is 1.58. The van der Waals surface area contributed by atoms with E-state index in [0.717, 1.165) is 31.6 Å². The molecular formula is C25H29N3O3. The summed E-state index contributed by atoms with van der Waals surface area (Å²) >= 11 is 0. The summed E-state index contributed by atoms with van der Waals surface area (Å²) in [6.45, 7) is 8.36. The van der Waals surface area contributed by atoms with Crippen LogP contribution in [-0.4, -0.2) is 61.4 Å². The predicted molar refractivity (Wildman–Crippen MR) is 122 cm³/mol. The highest BCUT2D eigenvalue weighted by molar-refractivity contribution is 6.45. The number of para-hydroxylation sites is 1. The van der Waals surface area contributed by atoms with Crippen molar-refractivity contribution < 1.29 is 14.3 Å². The highest BCUT2D eigenvalue weighted by atomic mass is 16.5. The molecule has 0 N–H and O–H groups in total. The highest BCUT2D eigenvalue weighted by Gasteiger charge is 2.43. The number of rotatable bonds is 6. The lowest BCUT2D eigenvalue weighted by Gasteiger charge is -2.36. The van der Waals surface area contributed by atoms with Crippen molar-refractivity contribution in [2.24, 2.45) is 0 Å². The molecule has 31 heavy (non-hydrogen) atoms. The van der Waals surface area contributed by atoms with Gasteiger partial charge in [0, 0.05) is 31.7 Å². The van der Waals surface area contributed by atoms with E-state index in [-0.39, 0.29) is 11.8 Å². The zero-order valence-corrected chi connectivity index (χ0v) is 18.4. The van der Waals surface area contributed by atoms with E-state index in [9.17, 15) is 9.59 Å². The number of likely N-dealkylation sites (N-methyl/N-ethyl adjacent to an activating group) is 1. The van der Waals surface area contributed by atoms with Gasteiger partial charge in [-0.2, -0.15) is 0 Å². The molecule has 6 nitrogen and oxygen atoms in total. The summed E-state index contributed by atoms with van der Waals surface area (Å²) < 4.78 is 5.54. The summed E-state index contributed by atoms with van der Waals surface area (Å²) in [5, 5.41) is 0. The molecule has 2 heterocycles. The number of hydrogen-bond donors (Lipinski definition) is 0. The normalized spacial score (nSPS) is 17.6. The maximum absolute atomic E-state index is 13.7. The Balaban J connectivity index is 1.79. The second kappa shape index (κ2) is 8.94. The third-order valence-electron chi connectivity index (χ3n) is 6.17. The van der Waals surface area contributed by atoms with E-state index in [4.69, 9.17) is 4.74 Å². The number of anilines is 1. The minimum Gasteiger partial charge on any atom is -0.496 e. The topological polar surface area (TPSA) is 53.1 Å². The SMILES string of the molecule is CCc1ccc(N2C(=O)C(c3ccccc3OC)=C(N3CCN(CC)CC3)C2=O)cc1. The van der Waals surface area contributed by atoms with Crippen LogP contribution in [-0.2, 0) is 16.0 Å². The van der Waals surface area contributed by atoms with Gasteiger partial charge >= 0.3 is 0 Å². The van der Waals surface area contributed by atoms with Crippen LogP contribution in [0.3, 0.4) is 0 Å². The van der Waals surface area contributed by atoms with Crippen LogP contribution in [0.1, 0.15) is 25.0 Å². The quantitative estimate of drug-likeness (QED) is 0.673. The van der Waals surface area contributed by atoms with E-state index < -0.39 is 0 Å². The lowest BCUT2D eigenvalue weighted by Crippen LogP contribution is -2.47. The molecule has 0 atom stereocenters. The molecule has 0 unspecified atom stereocenters. The van der Waals surface area contributed by atoms with Crippen LogP contribution in [0.25, 0.3) is 5.57 Å². The van der Waals surface area contributed by atoms with Crippen LogP contribution in [0, 0.1) is 0 Å². The molecule has 1 fully saturated rings. The molecule has 2 amide bonds. The highest BCUT2D eigenvalue weighted by Crippen LogP contribution is 2.38. The number of aryl methyl sites for hydroxylation is 1. The van der Waals surface area contributed by atoms with Crippen LogP contribution >= 0.6 is 0 Å². The number of hydrogen-bond acceptors (Lipinski definition) is 5. The van der Waals surface area contributed by atoms with Gasteiger partial charge in [-0.25, -0.2) is 4.90 Å². The first-order valence-corrected chi connectivity index (χ1v) is 10.9. The summed E-state index contributed by atoms with van der Waals surface area (Å²) in [5.41, 5.74) is 3.32. The van der Waals surface area contributed by atoms with Gasteiger partial charge in [-0.05, 0) is 36.7 Å². The first kappa shape index (κ1) is 21.1. The molecule has 6 heteroatoms. The van der Waals surface area contributed by atoms with Gasteiger partial charge in [0.15, 0.2) is 0 Å². The molecule has 0 spiro atoms. The molecule has 0 aromatic heterocycles. The molecule has 1 saturated heterocycles. The van der Waals surface area contributed by atoms with Crippen molar-refractivity contribution in [1.29, 1.82) is 0 Å². The molecule has 0 radical (unpaired) electrons. The summed E-state index contributed by atoms with van der Waals surface area (Å²) in [6.07, 6.45) is 0.903. The molecule has 2 aromatic carbocycles. The van der Waals surface area contributed by atoms with E-state index in [1.54, 1.807) is 7.11 Å². The first-order valence-electron chi connectivity index (χ1n) is 10.9. The smallest absolute Gasteiger partial charge is 0.282 e. The average molecular weight is 420 g/mol. The molecular weight excluding hydrogens is 390 g/mol. The Bertz CT molecular complexity index is 1000. The molecule has 2 aromatic rings. The third kappa shape index (κ3) is 3.83. The van der Waals surface area contributed by atoms with Crippen LogP contribution in [0.15, 0.2) is 54.2 Å². The number of imide groups is 1. The zero-order valence-electron chi connectivity index (χ0n) is 18.4. The van der Waals surface area contributed by atoms with Crippen molar-refractivity contribution in [3.63, 3.8) is 0 Å². The Kier molecular flexibility index (Phi) is 6.09. The lowest BCUT2D eigenvalue weighted by atomic mass is 10.0. The van der Waals surface area contributed by atoms with E-state index in [2.05, 4.69) is 23.6 Å². The van der Waals surface area contributed by atoms with Gasteiger partial charge in [0.25, 0.3) is 11.8 Å². The Morgan fingerprint density at radius 3 is 2.16 bits per heavy atom. The summed E-state index contributed by atoms with van der Waals surface area (Å²) in [5.74, 6) is 0.0262. The first-order chi connectivity index (χ1) is 15.1. The molecule has 2 aliphatic rings. The second-order valence-electron chi connectivity index (χ2n) is 7.81. The number of carbonyl (C=O) groups excluding carboxylic acids is 2. The van der Waals surface area contributed by atoms with E-state index in [0.29, 0.717) is 41.4 Å². The van der Waals surface area contributed by atoms with Gasteiger partial charge in [0.1, 0.15) is 11.4 Å². The Morgan fingerprint density at radius 2 is 1.55 bits per heavy atom. The molecule has 0 aliphatic carbocycles. The van der Waals surface area contributed by atoms with Crippen molar-refractivity contribution in [3.8, 4) is 5.75 Å². The third-order valence-corrected chi connectivity index (χ3v) is 6.17. The molecule has 0 bridgehead atoms. The lowest BCUT2D eigenvalue weighted by molar-refractivity contribution is -0.120.